The van der Waals surface area contributed by atoms with Crippen molar-refractivity contribution in [1.29, 1.82) is 0 Å². The van der Waals surface area contributed by atoms with E-state index in [-0.39, 0.29) is 0 Å². The van der Waals surface area contributed by atoms with Crippen molar-refractivity contribution in [2.75, 3.05) is 11.9 Å². The smallest absolute Gasteiger partial charge is 0.105 e. The molecule has 3 heteroatoms. The Balaban J connectivity index is 2.27. The molecular weight excluding hydrogens is 174 g/mol. The number of hydrogen-bond acceptors (Lipinski definition) is 3. The highest BCUT2D eigenvalue weighted by molar-refractivity contribution is 5.82. The van der Waals surface area contributed by atoms with E-state index in [0.29, 0.717) is 6.54 Å². The molecule has 3 N–H and O–H groups in total. The minimum absolute atomic E-state index is 0.567. The van der Waals surface area contributed by atoms with Crippen molar-refractivity contribution in [3.05, 3.63) is 41.9 Å². The first kappa shape index (κ1) is 8.97. The van der Waals surface area contributed by atoms with Gasteiger partial charge in [0.25, 0.3) is 0 Å². The van der Waals surface area contributed by atoms with Gasteiger partial charge in [0.15, 0.2) is 0 Å². The fourth-order valence-electron chi connectivity index (χ4n) is 1.35. The number of rotatable bonds is 2. The van der Waals surface area contributed by atoms with Crippen molar-refractivity contribution in [2.24, 2.45) is 10.7 Å². The normalized spacial score (nSPS) is 14.1. The van der Waals surface area contributed by atoms with E-state index >= 15 is 0 Å². The second-order valence-corrected chi connectivity index (χ2v) is 3.04. The van der Waals surface area contributed by atoms with Gasteiger partial charge in [-0.15, -0.1) is 0 Å². The van der Waals surface area contributed by atoms with Gasteiger partial charge in [-0.1, -0.05) is 18.2 Å². The van der Waals surface area contributed by atoms with Gasteiger partial charge >= 0.3 is 0 Å². The second-order valence-electron chi connectivity index (χ2n) is 3.04. The summed E-state index contributed by atoms with van der Waals surface area (Å²) in [6.45, 7) is 2.41. The van der Waals surface area contributed by atoms with Gasteiger partial charge in [-0.05, 0) is 17.7 Å². The Morgan fingerprint density at radius 3 is 3.21 bits per heavy atom. The van der Waals surface area contributed by atoms with Gasteiger partial charge in [0, 0.05) is 17.8 Å². The molecule has 1 aromatic rings. The number of hydrogen-bond donors (Lipinski definition) is 2. The average Bonchev–Trinajstić information content (AvgIpc) is 2.26. The van der Waals surface area contributed by atoms with E-state index < -0.39 is 0 Å². The second kappa shape index (κ2) is 4.07. The third-order valence-corrected chi connectivity index (χ3v) is 2.03. The number of nitrogens with one attached hydrogen (secondary N) is 1. The van der Waals surface area contributed by atoms with E-state index in [1.54, 1.807) is 6.34 Å². The lowest BCUT2D eigenvalue weighted by molar-refractivity contribution is 1.26. The highest BCUT2D eigenvalue weighted by atomic mass is 15.0. The molecule has 0 saturated heterocycles. The topological polar surface area (TPSA) is 50.4 Å². The van der Waals surface area contributed by atoms with Gasteiger partial charge in [0.2, 0.25) is 0 Å². The summed E-state index contributed by atoms with van der Waals surface area (Å²) in [4.78, 5) is 4.03. The summed E-state index contributed by atoms with van der Waals surface area (Å²) in [6, 6.07) is 6.16. The molecule has 0 aliphatic carbocycles. The molecule has 0 bridgehead atoms. The van der Waals surface area contributed by atoms with Gasteiger partial charge in [-0.3, -0.25) is 4.99 Å². The molecule has 1 aromatic carbocycles. The fourth-order valence-corrected chi connectivity index (χ4v) is 1.35. The summed E-state index contributed by atoms with van der Waals surface area (Å²) in [7, 11) is 0. The maximum atomic E-state index is 5.38. The Morgan fingerprint density at radius 2 is 2.36 bits per heavy atom. The number of fused-ring (bicyclic) bond motifs is 1. The Morgan fingerprint density at radius 1 is 1.43 bits per heavy atom. The highest BCUT2D eigenvalue weighted by Gasteiger charge is 2.04. The zero-order valence-corrected chi connectivity index (χ0v) is 7.77. The monoisotopic (exact) mass is 186 g/mol. The minimum Gasteiger partial charge on any atom is -0.346 e. The molecule has 1 aliphatic heterocycles. The minimum atomic E-state index is 0.567. The molecule has 1 radical (unpaired) electrons. The first-order valence-electron chi connectivity index (χ1n) is 4.52. The van der Waals surface area contributed by atoms with Crippen molar-refractivity contribution in [2.45, 2.75) is 0 Å². The van der Waals surface area contributed by atoms with E-state index in [1.807, 2.05) is 30.8 Å². The Kier molecular flexibility index (Phi) is 2.60. The molecule has 0 unspecified atom stereocenters. The van der Waals surface area contributed by atoms with Crippen LogP contribution in [0.2, 0.25) is 0 Å². The molecule has 0 spiro atoms. The Bertz CT molecular complexity index is 380. The van der Waals surface area contributed by atoms with E-state index in [2.05, 4.69) is 16.4 Å². The fraction of sp³-hybridized carbons (Fsp3) is 0.0909. The predicted molar refractivity (Wildman–Crippen MR) is 60.0 cm³/mol. The summed E-state index contributed by atoms with van der Waals surface area (Å²) in [5.41, 5.74) is 8.72. The van der Waals surface area contributed by atoms with E-state index in [9.17, 15) is 0 Å². The van der Waals surface area contributed by atoms with Crippen LogP contribution >= 0.6 is 0 Å². The van der Waals surface area contributed by atoms with Crippen LogP contribution in [0.4, 0.5) is 5.69 Å². The molecule has 1 aliphatic rings. The van der Waals surface area contributed by atoms with Crippen LogP contribution in [0.15, 0.2) is 29.3 Å². The van der Waals surface area contributed by atoms with Crippen LogP contribution in [-0.2, 0) is 0 Å². The summed E-state index contributed by atoms with van der Waals surface area (Å²) in [6.07, 6.45) is 5.62. The lowest BCUT2D eigenvalue weighted by Crippen LogP contribution is -2.03. The van der Waals surface area contributed by atoms with Crippen LogP contribution in [0.25, 0.3) is 6.08 Å². The van der Waals surface area contributed by atoms with Crippen LogP contribution in [0.1, 0.15) is 11.1 Å². The number of aliphatic imine (C=N–C) groups is 1. The SMILES string of the molecule is NC/C=C/c1ccc2c(c1)[CH]N=CN2. The van der Waals surface area contributed by atoms with Gasteiger partial charge in [0.05, 0.1) is 6.34 Å². The number of anilines is 1. The molecule has 0 amide bonds. The maximum Gasteiger partial charge on any atom is 0.105 e. The van der Waals surface area contributed by atoms with Gasteiger partial charge in [-0.2, -0.15) is 0 Å². The lowest BCUT2D eigenvalue weighted by Gasteiger charge is -2.11. The molecule has 14 heavy (non-hydrogen) atoms. The van der Waals surface area contributed by atoms with Crippen molar-refractivity contribution < 1.29 is 0 Å². The largest absolute Gasteiger partial charge is 0.346 e. The summed E-state index contributed by atoms with van der Waals surface area (Å²) >= 11 is 0. The number of nitrogens with two attached hydrogens (primary N) is 1. The average molecular weight is 186 g/mol. The van der Waals surface area contributed by atoms with Crippen LogP contribution in [-0.4, -0.2) is 12.9 Å². The summed E-state index contributed by atoms with van der Waals surface area (Å²) in [5.74, 6) is 0. The summed E-state index contributed by atoms with van der Waals surface area (Å²) < 4.78 is 0. The third kappa shape index (κ3) is 1.83. The first-order valence-corrected chi connectivity index (χ1v) is 4.52. The Labute approximate surface area is 83.3 Å². The molecule has 0 saturated carbocycles. The zero-order valence-electron chi connectivity index (χ0n) is 7.77. The van der Waals surface area contributed by atoms with E-state index in [1.165, 1.54) is 0 Å². The maximum absolute atomic E-state index is 5.38. The predicted octanol–water partition coefficient (Wildman–Crippen LogP) is 1.62. The van der Waals surface area contributed by atoms with Crippen LogP contribution in [0.5, 0.6) is 0 Å². The van der Waals surface area contributed by atoms with Crippen molar-refractivity contribution in [3.63, 3.8) is 0 Å². The molecule has 71 valence electrons. The first-order chi connectivity index (χ1) is 6.90. The van der Waals surface area contributed by atoms with Gasteiger partial charge in [-0.25, -0.2) is 0 Å². The zero-order chi connectivity index (χ0) is 9.80. The van der Waals surface area contributed by atoms with Crippen molar-refractivity contribution in [3.8, 4) is 0 Å². The van der Waals surface area contributed by atoms with Crippen molar-refractivity contribution in [1.82, 2.24) is 0 Å². The van der Waals surface area contributed by atoms with Crippen molar-refractivity contribution >= 4 is 18.1 Å². The van der Waals surface area contributed by atoms with Crippen LogP contribution in [0, 0.1) is 6.54 Å². The van der Waals surface area contributed by atoms with Crippen LogP contribution < -0.4 is 11.1 Å². The molecule has 2 rings (SSSR count). The van der Waals surface area contributed by atoms with E-state index in [0.717, 1.165) is 16.8 Å². The molecule has 0 fully saturated rings. The molecular formula is C11H12N3. The molecule has 0 atom stereocenters. The quantitative estimate of drug-likeness (QED) is 0.737. The third-order valence-electron chi connectivity index (χ3n) is 2.03. The Hall–Kier alpha value is -1.61. The summed E-state index contributed by atoms with van der Waals surface area (Å²) in [5, 5.41) is 3.07. The molecule has 0 aromatic heterocycles. The standard InChI is InChI=1S/C11H12N3/c12-5-1-2-9-3-4-11-10(6-9)7-13-8-14-11/h1-4,6-8H,5,12H2,(H,13,14)/b2-1+. The van der Waals surface area contributed by atoms with Gasteiger partial charge in [0.1, 0.15) is 6.54 Å². The number of benzene rings is 1. The van der Waals surface area contributed by atoms with Crippen LogP contribution in [0.3, 0.4) is 0 Å². The molecule has 3 nitrogen and oxygen atoms in total. The molecule has 1 heterocycles. The number of nitrogens with zero attached hydrogens (tertiary/aromatic N) is 1. The highest BCUT2D eigenvalue weighted by Crippen LogP contribution is 2.22. The lowest BCUT2D eigenvalue weighted by atomic mass is 10.1. The van der Waals surface area contributed by atoms with Gasteiger partial charge < -0.3 is 11.1 Å². The van der Waals surface area contributed by atoms with E-state index in [4.69, 9.17) is 5.73 Å².